The highest BCUT2D eigenvalue weighted by atomic mass is 16.5. The lowest BCUT2D eigenvalue weighted by molar-refractivity contribution is 0.0835. The molecule has 0 N–H and O–H groups in total. The van der Waals surface area contributed by atoms with Gasteiger partial charge >= 0.3 is 0 Å². The molecule has 0 aliphatic carbocycles. The Morgan fingerprint density at radius 1 is 1.70 bits per heavy atom. The first-order valence-corrected chi connectivity index (χ1v) is 3.17. The fourth-order valence-corrected chi connectivity index (χ4v) is 0.415. The molecular formula is C8H14O2. The predicted molar refractivity (Wildman–Crippen MR) is 41.8 cm³/mol. The minimum absolute atomic E-state index is 0.0417. The van der Waals surface area contributed by atoms with Crippen LogP contribution in [0, 0.1) is 0 Å². The van der Waals surface area contributed by atoms with Crippen LogP contribution in [-0.4, -0.2) is 19.8 Å². The van der Waals surface area contributed by atoms with Gasteiger partial charge in [-0.15, -0.1) is 0 Å². The second-order valence-electron chi connectivity index (χ2n) is 1.94. The van der Waals surface area contributed by atoms with E-state index in [0.717, 1.165) is 0 Å². The van der Waals surface area contributed by atoms with Crippen LogP contribution in [0.2, 0.25) is 0 Å². The lowest BCUT2D eigenvalue weighted by atomic mass is 10.3. The number of methoxy groups -OCH3 is 1. The molecule has 10 heavy (non-hydrogen) atoms. The Morgan fingerprint density at radius 2 is 2.30 bits per heavy atom. The van der Waals surface area contributed by atoms with Crippen molar-refractivity contribution >= 4 is 0 Å². The lowest BCUT2D eigenvalue weighted by Gasteiger charge is -2.12. The van der Waals surface area contributed by atoms with E-state index in [9.17, 15) is 0 Å². The maximum Gasteiger partial charge on any atom is 0.118 e. The molecular weight excluding hydrogens is 128 g/mol. The molecule has 0 aromatic rings. The van der Waals surface area contributed by atoms with Gasteiger partial charge in [-0.1, -0.05) is 19.2 Å². The lowest BCUT2D eigenvalue weighted by Crippen LogP contribution is -2.10. The van der Waals surface area contributed by atoms with Gasteiger partial charge in [0.15, 0.2) is 0 Å². The molecule has 58 valence electrons. The van der Waals surface area contributed by atoms with E-state index in [2.05, 4.69) is 13.2 Å². The first-order valence-electron chi connectivity index (χ1n) is 3.17. The van der Waals surface area contributed by atoms with E-state index in [1.807, 2.05) is 6.92 Å². The highest BCUT2D eigenvalue weighted by molar-refractivity contribution is 4.90. The highest BCUT2D eigenvalue weighted by Gasteiger charge is 2.03. The summed E-state index contributed by atoms with van der Waals surface area (Å²) in [5, 5.41) is 0. The molecule has 0 fully saturated rings. The monoisotopic (exact) mass is 142 g/mol. The van der Waals surface area contributed by atoms with Crippen LogP contribution in [-0.2, 0) is 9.47 Å². The smallest absolute Gasteiger partial charge is 0.118 e. The van der Waals surface area contributed by atoms with E-state index in [4.69, 9.17) is 9.47 Å². The summed E-state index contributed by atoms with van der Waals surface area (Å²) >= 11 is 0. The number of ether oxygens (including phenoxy) is 2. The fourth-order valence-electron chi connectivity index (χ4n) is 0.415. The van der Waals surface area contributed by atoms with Crippen LogP contribution in [0.3, 0.4) is 0 Å². The standard InChI is InChI=1S/C8H14O2/c1-5-6-10-8(3)7(2)9-4/h5,7H,1,3,6H2,2,4H3. The highest BCUT2D eigenvalue weighted by Crippen LogP contribution is 2.03. The van der Waals surface area contributed by atoms with Crippen molar-refractivity contribution in [2.75, 3.05) is 13.7 Å². The maximum absolute atomic E-state index is 5.11. The molecule has 0 bridgehead atoms. The Hall–Kier alpha value is -0.760. The van der Waals surface area contributed by atoms with E-state index < -0.39 is 0 Å². The molecule has 0 saturated carbocycles. The van der Waals surface area contributed by atoms with Gasteiger partial charge in [-0.2, -0.15) is 0 Å². The van der Waals surface area contributed by atoms with Gasteiger partial charge in [-0.3, -0.25) is 0 Å². The molecule has 0 radical (unpaired) electrons. The van der Waals surface area contributed by atoms with Crippen LogP contribution >= 0.6 is 0 Å². The molecule has 0 spiro atoms. The summed E-state index contributed by atoms with van der Waals surface area (Å²) < 4.78 is 10.1. The topological polar surface area (TPSA) is 18.5 Å². The molecule has 1 unspecified atom stereocenters. The molecule has 0 aliphatic heterocycles. The summed E-state index contributed by atoms with van der Waals surface area (Å²) in [6.07, 6.45) is 1.63. The van der Waals surface area contributed by atoms with Crippen LogP contribution in [0.25, 0.3) is 0 Å². The Labute approximate surface area is 62.1 Å². The Kier molecular flexibility index (Phi) is 4.67. The summed E-state index contributed by atoms with van der Waals surface area (Å²) in [4.78, 5) is 0. The van der Waals surface area contributed by atoms with Crippen molar-refractivity contribution < 1.29 is 9.47 Å². The Bertz CT molecular complexity index is 118. The molecule has 0 heterocycles. The largest absolute Gasteiger partial charge is 0.492 e. The molecule has 0 aliphatic rings. The first kappa shape index (κ1) is 9.24. The van der Waals surface area contributed by atoms with Crippen LogP contribution in [0.5, 0.6) is 0 Å². The molecule has 0 aromatic carbocycles. The molecule has 0 aromatic heterocycles. The molecule has 0 rings (SSSR count). The third-order valence-corrected chi connectivity index (χ3v) is 1.19. The normalized spacial score (nSPS) is 12.2. The second kappa shape index (κ2) is 5.06. The summed E-state index contributed by atoms with van der Waals surface area (Å²) in [5.41, 5.74) is 0. The number of hydrogen-bond acceptors (Lipinski definition) is 2. The van der Waals surface area contributed by atoms with E-state index in [-0.39, 0.29) is 6.10 Å². The van der Waals surface area contributed by atoms with Gasteiger partial charge in [0, 0.05) is 7.11 Å². The van der Waals surface area contributed by atoms with Gasteiger partial charge < -0.3 is 9.47 Å². The van der Waals surface area contributed by atoms with Crippen LogP contribution < -0.4 is 0 Å². The van der Waals surface area contributed by atoms with Gasteiger partial charge in [-0.25, -0.2) is 0 Å². The van der Waals surface area contributed by atoms with Gasteiger partial charge in [0.05, 0.1) is 0 Å². The quantitative estimate of drug-likeness (QED) is 0.430. The van der Waals surface area contributed by atoms with E-state index in [0.29, 0.717) is 12.4 Å². The van der Waals surface area contributed by atoms with Gasteiger partial charge in [0.25, 0.3) is 0 Å². The van der Waals surface area contributed by atoms with E-state index in [1.165, 1.54) is 0 Å². The second-order valence-corrected chi connectivity index (χ2v) is 1.94. The van der Waals surface area contributed by atoms with Gasteiger partial charge in [0.1, 0.15) is 18.5 Å². The van der Waals surface area contributed by atoms with Crippen molar-refractivity contribution in [1.82, 2.24) is 0 Å². The van der Waals surface area contributed by atoms with E-state index >= 15 is 0 Å². The molecule has 0 saturated heterocycles. The summed E-state index contributed by atoms with van der Waals surface area (Å²) in [7, 11) is 1.62. The first-order chi connectivity index (χ1) is 4.72. The zero-order valence-electron chi connectivity index (χ0n) is 6.59. The summed E-state index contributed by atoms with van der Waals surface area (Å²) in [6, 6.07) is 0. The van der Waals surface area contributed by atoms with Crippen molar-refractivity contribution in [1.29, 1.82) is 0 Å². The van der Waals surface area contributed by atoms with Crippen LogP contribution in [0.1, 0.15) is 6.92 Å². The Balaban J connectivity index is 3.51. The zero-order valence-corrected chi connectivity index (χ0v) is 6.59. The molecule has 0 amide bonds. The third-order valence-electron chi connectivity index (χ3n) is 1.19. The average molecular weight is 142 g/mol. The molecule has 1 atom stereocenters. The average Bonchev–Trinajstić information content (AvgIpc) is 1.98. The van der Waals surface area contributed by atoms with Crippen molar-refractivity contribution in [3.8, 4) is 0 Å². The Morgan fingerprint density at radius 3 is 2.70 bits per heavy atom. The molecule has 2 heteroatoms. The third kappa shape index (κ3) is 3.30. The molecule has 2 nitrogen and oxygen atoms in total. The SMILES string of the molecule is C=CCOC(=C)C(C)OC. The fraction of sp³-hybridized carbons (Fsp3) is 0.500. The van der Waals surface area contributed by atoms with Gasteiger partial charge in [-0.05, 0) is 6.92 Å². The summed E-state index contributed by atoms with van der Waals surface area (Å²) in [5.74, 6) is 0.641. The van der Waals surface area contributed by atoms with Crippen molar-refractivity contribution in [2.24, 2.45) is 0 Å². The van der Waals surface area contributed by atoms with E-state index in [1.54, 1.807) is 13.2 Å². The number of hydrogen-bond donors (Lipinski definition) is 0. The zero-order chi connectivity index (χ0) is 7.98. The van der Waals surface area contributed by atoms with Crippen LogP contribution in [0.4, 0.5) is 0 Å². The van der Waals surface area contributed by atoms with Crippen molar-refractivity contribution in [2.45, 2.75) is 13.0 Å². The van der Waals surface area contributed by atoms with Crippen LogP contribution in [0.15, 0.2) is 25.0 Å². The minimum atomic E-state index is -0.0417. The minimum Gasteiger partial charge on any atom is -0.492 e. The van der Waals surface area contributed by atoms with Crippen molar-refractivity contribution in [3.05, 3.63) is 25.0 Å². The predicted octanol–water partition coefficient (Wildman–Crippen LogP) is 1.74. The van der Waals surface area contributed by atoms with Crippen molar-refractivity contribution in [3.63, 3.8) is 0 Å². The summed E-state index contributed by atoms with van der Waals surface area (Å²) in [6.45, 7) is 9.55. The van der Waals surface area contributed by atoms with Gasteiger partial charge in [0.2, 0.25) is 0 Å². The number of rotatable bonds is 5. The maximum atomic E-state index is 5.11.